The third kappa shape index (κ3) is 4.19. The summed E-state index contributed by atoms with van der Waals surface area (Å²) in [4.78, 5) is 2.06. The second-order valence-electron chi connectivity index (χ2n) is 5.16. The van der Waals surface area contributed by atoms with Crippen LogP contribution in [-0.4, -0.2) is 31.6 Å². The van der Waals surface area contributed by atoms with Crippen LogP contribution in [0.15, 0.2) is 16.6 Å². The van der Waals surface area contributed by atoms with E-state index in [9.17, 15) is 4.39 Å². The summed E-state index contributed by atoms with van der Waals surface area (Å²) in [6.07, 6.45) is 0. The lowest BCUT2D eigenvalue weighted by molar-refractivity contribution is 0.344. The predicted molar refractivity (Wildman–Crippen MR) is 79.6 cm³/mol. The van der Waals surface area contributed by atoms with Crippen molar-refractivity contribution in [1.29, 1.82) is 5.26 Å². The van der Waals surface area contributed by atoms with Crippen molar-refractivity contribution in [2.45, 2.75) is 19.9 Å². The van der Waals surface area contributed by atoms with Crippen molar-refractivity contribution in [2.24, 2.45) is 5.92 Å². The summed E-state index contributed by atoms with van der Waals surface area (Å²) in [5.74, 6) is -0.0420. The number of hydrogen-bond acceptors (Lipinski definition) is 3. The lowest BCUT2D eigenvalue weighted by Gasteiger charge is -2.27. The van der Waals surface area contributed by atoms with E-state index in [0.717, 1.165) is 6.54 Å². The van der Waals surface area contributed by atoms with Crippen LogP contribution in [0.25, 0.3) is 0 Å². The van der Waals surface area contributed by atoms with Crippen LogP contribution in [0.5, 0.6) is 0 Å². The van der Waals surface area contributed by atoms with Gasteiger partial charge in [-0.15, -0.1) is 0 Å². The standard InChI is InChI=1S/C14H19BrFN3/c1-9(2)12(8-19(3)4)18-11-6-5-10(7-17)13(15)14(11)16/h5-6,9,12,18H,8H2,1-4H3. The first-order valence-electron chi connectivity index (χ1n) is 6.16. The Balaban J connectivity index is 2.98. The summed E-state index contributed by atoms with van der Waals surface area (Å²) in [7, 11) is 3.98. The molecule has 0 aliphatic heterocycles. The zero-order valence-corrected chi connectivity index (χ0v) is 13.3. The van der Waals surface area contributed by atoms with Gasteiger partial charge < -0.3 is 10.2 Å². The van der Waals surface area contributed by atoms with E-state index in [1.807, 2.05) is 20.2 Å². The van der Waals surface area contributed by atoms with Crippen molar-refractivity contribution in [2.75, 3.05) is 26.0 Å². The molecule has 0 saturated carbocycles. The monoisotopic (exact) mass is 327 g/mol. The molecule has 0 fully saturated rings. The number of benzene rings is 1. The van der Waals surface area contributed by atoms with Crippen LogP contribution < -0.4 is 5.32 Å². The average Bonchev–Trinajstić information content (AvgIpc) is 2.33. The molecule has 5 heteroatoms. The Kier molecular flexibility index (Phi) is 5.77. The maximum absolute atomic E-state index is 14.1. The highest BCUT2D eigenvalue weighted by molar-refractivity contribution is 9.10. The SMILES string of the molecule is CC(C)C(CN(C)C)Nc1ccc(C#N)c(Br)c1F. The van der Waals surface area contributed by atoms with Crippen LogP contribution in [0.4, 0.5) is 10.1 Å². The highest BCUT2D eigenvalue weighted by Gasteiger charge is 2.18. The second-order valence-corrected chi connectivity index (χ2v) is 5.95. The largest absolute Gasteiger partial charge is 0.378 e. The van der Waals surface area contributed by atoms with Gasteiger partial charge in [0.1, 0.15) is 6.07 Å². The molecule has 1 unspecified atom stereocenters. The fraction of sp³-hybridized carbons (Fsp3) is 0.500. The smallest absolute Gasteiger partial charge is 0.161 e. The topological polar surface area (TPSA) is 39.1 Å². The number of rotatable bonds is 5. The highest BCUT2D eigenvalue weighted by Crippen LogP contribution is 2.27. The van der Waals surface area contributed by atoms with Gasteiger partial charge in [0.05, 0.1) is 15.7 Å². The van der Waals surface area contributed by atoms with Gasteiger partial charge >= 0.3 is 0 Å². The summed E-state index contributed by atoms with van der Waals surface area (Å²) < 4.78 is 14.4. The Labute approximate surface area is 122 Å². The normalized spacial score (nSPS) is 12.6. The lowest BCUT2D eigenvalue weighted by atomic mass is 10.0. The maximum Gasteiger partial charge on any atom is 0.161 e. The quantitative estimate of drug-likeness (QED) is 0.900. The van der Waals surface area contributed by atoms with E-state index in [1.165, 1.54) is 0 Å². The summed E-state index contributed by atoms with van der Waals surface area (Å²) in [6, 6.07) is 5.32. The molecule has 0 spiro atoms. The minimum atomic E-state index is -0.413. The van der Waals surface area contributed by atoms with Gasteiger partial charge in [0.25, 0.3) is 0 Å². The number of nitrogens with one attached hydrogen (secondary N) is 1. The summed E-state index contributed by atoms with van der Waals surface area (Å²) in [6.45, 7) is 5.00. The number of nitriles is 1. The molecule has 0 amide bonds. The molecule has 1 rings (SSSR count). The Bertz CT molecular complexity index is 480. The minimum Gasteiger partial charge on any atom is -0.378 e. The van der Waals surface area contributed by atoms with Crippen molar-refractivity contribution in [1.82, 2.24) is 4.90 Å². The summed E-state index contributed by atoms with van der Waals surface area (Å²) >= 11 is 3.12. The molecule has 0 saturated heterocycles. The van der Waals surface area contributed by atoms with Crippen molar-refractivity contribution in [3.05, 3.63) is 28.0 Å². The first-order valence-corrected chi connectivity index (χ1v) is 6.95. The van der Waals surface area contributed by atoms with Crippen molar-refractivity contribution in [3.8, 4) is 6.07 Å². The van der Waals surface area contributed by atoms with Gasteiger partial charge in [-0.2, -0.15) is 5.26 Å². The molecule has 19 heavy (non-hydrogen) atoms. The summed E-state index contributed by atoms with van der Waals surface area (Å²) in [5.41, 5.74) is 0.725. The van der Waals surface area contributed by atoms with Crippen LogP contribution in [0.1, 0.15) is 19.4 Å². The molecule has 1 N–H and O–H groups in total. The number of nitrogens with zero attached hydrogens (tertiary/aromatic N) is 2. The van der Waals surface area contributed by atoms with Crippen LogP contribution in [-0.2, 0) is 0 Å². The Morgan fingerprint density at radius 2 is 2.05 bits per heavy atom. The molecule has 104 valence electrons. The maximum atomic E-state index is 14.1. The highest BCUT2D eigenvalue weighted by atomic mass is 79.9. The Morgan fingerprint density at radius 3 is 2.53 bits per heavy atom. The number of halogens is 2. The fourth-order valence-corrected chi connectivity index (χ4v) is 2.20. The molecule has 0 radical (unpaired) electrons. The Hall–Kier alpha value is -1.12. The molecule has 0 bridgehead atoms. The lowest BCUT2D eigenvalue weighted by Crippen LogP contribution is -2.36. The van der Waals surface area contributed by atoms with Gasteiger partial charge in [0, 0.05) is 12.6 Å². The molecule has 0 aliphatic carbocycles. The molecular weight excluding hydrogens is 309 g/mol. The fourth-order valence-electron chi connectivity index (χ4n) is 1.76. The Morgan fingerprint density at radius 1 is 1.42 bits per heavy atom. The third-order valence-electron chi connectivity index (χ3n) is 2.91. The van der Waals surface area contributed by atoms with E-state index in [-0.39, 0.29) is 10.5 Å². The molecule has 1 atom stereocenters. The van der Waals surface area contributed by atoms with E-state index in [4.69, 9.17) is 5.26 Å². The van der Waals surface area contributed by atoms with Crippen LogP contribution in [0.2, 0.25) is 0 Å². The van der Waals surface area contributed by atoms with E-state index in [2.05, 4.69) is 40.0 Å². The molecule has 1 aromatic rings. The zero-order chi connectivity index (χ0) is 14.6. The number of hydrogen-bond donors (Lipinski definition) is 1. The van der Waals surface area contributed by atoms with Crippen molar-refractivity contribution in [3.63, 3.8) is 0 Å². The van der Waals surface area contributed by atoms with E-state index >= 15 is 0 Å². The molecule has 0 aliphatic rings. The number of anilines is 1. The number of likely N-dealkylation sites (N-methyl/N-ethyl adjacent to an activating group) is 1. The minimum absolute atomic E-state index is 0.143. The van der Waals surface area contributed by atoms with Crippen molar-refractivity contribution >= 4 is 21.6 Å². The summed E-state index contributed by atoms with van der Waals surface area (Å²) in [5, 5.41) is 12.1. The zero-order valence-electron chi connectivity index (χ0n) is 11.7. The van der Waals surface area contributed by atoms with Crippen LogP contribution in [0.3, 0.4) is 0 Å². The van der Waals surface area contributed by atoms with Crippen LogP contribution >= 0.6 is 15.9 Å². The average molecular weight is 328 g/mol. The van der Waals surface area contributed by atoms with Crippen LogP contribution in [0, 0.1) is 23.1 Å². The van der Waals surface area contributed by atoms with E-state index < -0.39 is 5.82 Å². The molecule has 3 nitrogen and oxygen atoms in total. The third-order valence-corrected chi connectivity index (χ3v) is 3.69. The van der Waals surface area contributed by atoms with Gasteiger partial charge in [-0.1, -0.05) is 13.8 Å². The second kappa shape index (κ2) is 6.88. The van der Waals surface area contributed by atoms with Gasteiger partial charge in [0.2, 0.25) is 0 Å². The molecular formula is C14H19BrFN3. The first-order chi connectivity index (χ1) is 8.86. The predicted octanol–water partition coefficient (Wildman–Crippen LogP) is 3.46. The van der Waals surface area contributed by atoms with Gasteiger partial charge in [-0.05, 0) is 48.1 Å². The molecule has 1 aromatic carbocycles. The molecule has 0 aromatic heterocycles. The van der Waals surface area contributed by atoms with Gasteiger partial charge in [-0.25, -0.2) is 4.39 Å². The van der Waals surface area contributed by atoms with Gasteiger partial charge in [-0.3, -0.25) is 0 Å². The van der Waals surface area contributed by atoms with Crippen molar-refractivity contribution < 1.29 is 4.39 Å². The van der Waals surface area contributed by atoms with E-state index in [0.29, 0.717) is 17.2 Å². The first kappa shape index (κ1) is 15.9. The van der Waals surface area contributed by atoms with E-state index in [1.54, 1.807) is 12.1 Å². The van der Waals surface area contributed by atoms with Gasteiger partial charge in [0.15, 0.2) is 5.82 Å². The molecule has 0 heterocycles.